The molecule has 1 heterocycles. The Morgan fingerprint density at radius 3 is 1.69 bits per heavy atom. The fraction of sp³-hybridized carbons (Fsp3) is 0.0909. The largest absolute Gasteiger partial charge is 0.345 e. The minimum atomic E-state index is 1.16. The van der Waals surface area contributed by atoms with Crippen molar-refractivity contribution in [3.63, 3.8) is 0 Å². The van der Waals surface area contributed by atoms with Crippen LogP contribution in [-0.2, 0) is 0 Å². The fourth-order valence-corrected chi connectivity index (χ4v) is 5.21. The average molecular weight is 453 g/mol. The molecule has 0 N–H and O–H groups in total. The first-order valence-electron chi connectivity index (χ1n) is 12.1. The van der Waals surface area contributed by atoms with Crippen molar-refractivity contribution < 1.29 is 0 Å². The van der Waals surface area contributed by atoms with Gasteiger partial charge in [-0.1, -0.05) is 66.7 Å². The molecule has 0 saturated heterocycles. The second-order valence-electron chi connectivity index (χ2n) is 9.26. The maximum Gasteiger partial charge on any atom is 0.0541 e. The highest BCUT2D eigenvalue weighted by molar-refractivity contribution is 6.09. The summed E-state index contributed by atoms with van der Waals surface area (Å²) in [6, 6.07) is 41.5. The lowest BCUT2D eigenvalue weighted by Gasteiger charge is -2.22. The highest BCUT2D eigenvalue weighted by atomic mass is 15.1. The number of anilines is 2. The number of hydrogen-bond donors (Lipinski definition) is 0. The smallest absolute Gasteiger partial charge is 0.0541 e. The number of nitrogens with zero attached hydrogens (tertiary/aromatic N) is 2. The van der Waals surface area contributed by atoms with E-state index in [-0.39, 0.29) is 0 Å². The second-order valence-corrected chi connectivity index (χ2v) is 9.26. The van der Waals surface area contributed by atoms with Gasteiger partial charge in [-0.05, 0) is 84.6 Å². The molecule has 6 rings (SSSR count). The number of para-hydroxylation sites is 2. The Morgan fingerprint density at radius 2 is 1.06 bits per heavy atom. The maximum atomic E-state index is 2.36. The molecule has 35 heavy (non-hydrogen) atoms. The van der Waals surface area contributed by atoms with E-state index in [0.717, 1.165) is 5.69 Å². The Labute approximate surface area is 206 Å². The van der Waals surface area contributed by atoms with Gasteiger partial charge in [-0.25, -0.2) is 0 Å². The molecule has 5 aromatic carbocycles. The van der Waals surface area contributed by atoms with Crippen LogP contribution in [0, 0.1) is 13.8 Å². The minimum absolute atomic E-state index is 1.16. The quantitative estimate of drug-likeness (QED) is 0.259. The molecule has 6 aromatic rings. The van der Waals surface area contributed by atoms with Crippen molar-refractivity contribution in [3.05, 3.63) is 126 Å². The van der Waals surface area contributed by atoms with Gasteiger partial charge in [0.15, 0.2) is 0 Å². The van der Waals surface area contributed by atoms with Gasteiger partial charge in [0.2, 0.25) is 0 Å². The second kappa shape index (κ2) is 8.48. The van der Waals surface area contributed by atoms with Crippen LogP contribution < -0.4 is 4.90 Å². The van der Waals surface area contributed by atoms with Crippen LogP contribution in [-0.4, -0.2) is 11.6 Å². The summed E-state index contributed by atoms with van der Waals surface area (Å²) in [7, 11) is 2.14. The molecular weight excluding hydrogens is 424 g/mol. The summed E-state index contributed by atoms with van der Waals surface area (Å²) in [4.78, 5) is 2.25. The van der Waals surface area contributed by atoms with E-state index in [4.69, 9.17) is 0 Å². The van der Waals surface area contributed by atoms with Crippen molar-refractivity contribution in [3.8, 4) is 16.8 Å². The van der Waals surface area contributed by atoms with Crippen molar-refractivity contribution in [2.45, 2.75) is 13.8 Å². The van der Waals surface area contributed by atoms with Crippen molar-refractivity contribution in [2.24, 2.45) is 0 Å². The zero-order valence-corrected chi connectivity index (χ0v) is 20.4. The van der Waals surface area contributed by atoms with Crippen molar-refractivity contribution in [1.82, 2.24) is 4.57 Å². The third-order valence-electron chi connectivity index (χ3n) is 7.11. The zero-order valence-electron chi connectivity index (χ0n) is 20.4. The molecule has 2 nitrogen and oxygen atoms in total. The van der Waals surface area contributed by atoms with E-state index >= 15 is 0 Å². The van der Waals surface area contributed by atoms with E-state index < -0.39 is 0 Å². The van der Waals surface area contributed by atoms with E-state index in [1.54, 1.807) is 0 Å². The van der Waals surface area contributed by atoms with Crippen LogP contribution in [0.5, 0.6) is 0 Å². The Balaban J connectivity index is 1.35. The van der Waals surface area contributed by atoms with Gasteiger partial charge in [0.1, 0.15) is 0 Å². The Morgan fingerprint density at radius 1 is 0.514 bits per heavy atom. The molecule has 0 aliphatic carbocycles. The number of aromatic nitrogens is 1. The first kappa shape index (κ1) is 21.2. The lowest BCUT2D eigenvalue weighted by molar-refractivity contribution is 1.16. The standard InChI is InChI=1S/C33H28N2/c1-23-10-4-5-11-28(23)29-21-20-27(22-24(29)2)34(3)25-16-18-26(19-17-25)35-32-14-8-6-12-30(32)31-13-7-9-15-33(31)35/h4-22H,1-3H3. The molecule has 170 valence electrons. The number of rotatable bonds is 4. The highest BCUT2D eigenvalue weighted by Gasteiger charge is 2.13. The molecule has 0 fully saturated rings. The van der Waals surface area contributed by atoms with Gasteiger partial charge >= 0.3 is 0 Å². The number of hydrogen-bond acceptors (Lipinski definition) is 1. The third kappa shape index (κ3) is 3.59. The number of fused-ring (bicyclic) bond motifs is 3. The average Bonchev–Trinajstić information content (AvgIpc) is 3.23. The third-order valence-corrected chi connectivity index (χ3v) is 7.11. The van der Waals surface area contributed by atoms with Gasteiger partial charge in [0, 0.05) is 34.9 Å². The van der Waals surface area contributed by atoms with E-state index in [1.165, 1.54) is 55.4 Å². The summed E-state index contributed by atoms with van der Waals surface area (Å²) < 4.78 is 2.36. The van der Waals surface area contributed by atoms with Gasteiger partial charge in [-0.2, -0.15) is 0 Å². The van der Waals surface area contributed by atoms with Crippen LogP contribution in [0.3, 0.4) is 0 Å². The molecule has 2 heteroatoms. The summed E-state index contributed by atoms with van der Waals surface area (Å²) >= 11 is 0. The van der Waals surface area contributed by atoms with Crippen LogP contribution in [0.25, 0.3) is 38.6 Å². The summed E-state index contributed by atoms with van der Waals surface area (Å²) in [6.45, 7) is 4.37. The summed E-state index contributed by atoms with van der Waals surface area (Å²) in [6.07, 6.45) is 0. The molecule has 0 aliphatic rings. The van der Waals surface area contributed by atoms with Crippen LogP contribution in [0.2, 0.25) is 0 Å². The summed E-state index contributed by atoms with van der Waals surface area (Å²) in [5.41, 5.74) is 11.2. The first-order valence-corrected chi connectivity index (χ1v) is 12.1. The SMILES string of the molecule is Cc1ccccc1-c1ccc(N(C)c2ccc(-n3c4ccccc4c4ccccc43)cc2)cc1C. The predicted octanol–water partition coefficient (Wildman–Crippen LogP) is 8.84. The lowest BCUT2D eigenvalue weighted by atomic mass is 9.96. The van der Waals surface area contributed by atoms with Crippen molar-refractivity contribution in [1.29, 1.82) is 0 Å². The van der Waals surface area contributed by atoms with Crippen LogP contribution >= 0.6 is 0 Å². The van der Waals surface area contributed by atoms with Gasteiger partial charge in [-0.15, -0.1) is 0 Å². The monoisotopic (exact) mass is 452 g/mol. The van der Waals surface area contributed by atoms with Crippen LogP contribution in [0.1, 0.15) is 11.1 Å². The molecule has 0 aliphatic heterocycles. The molecule has 0 unspecified atom stereocenters. The lowest BCUT2D eigenvalue weighted by Crippen LogP contribution is -2.09. The van der Waals surface area contributed by atoms with Crippen LogP contribution in [0.15, 0.2) is 115 Å². The zero-order chi connectivity index (χ0) is 23.9. The summed E-state index contributed by atoms with van der Waals surface area (Å²) in [5, 5.41) is 2.57. The molecule has 0 saturated carbocycles. The van der Waals surface area contributed by atoms with Gasteiger partial charge in [-0.3, -0.25) is 0 Å². The summed E-state index contributed by atoms with van der Waals surface area (Å²) in [5.74, 6) is 0. The van der Waals surface area contributed by atoms with E-state index in [2.05, 4.69) is 146 Å². The van der Waals surface area contributed by atoms with Gasteiger partial charge in [0.25, 0.3) is 0 Å². The molecule has 0 bridgehead atoms. The Bertz CT molecular complexity index is 1620. The Kier molecular flexibility index (Phi) is 5.15. The highest BCUT2D eigenvalue weighted by Crippen LogP contribution is 2.34. The topological polar surface area (TPSA) is 8.17 Å². The van der Waals surface area contributed by atoms with Crippen molar-refractivity contribution in [2.75, 3.05) is 11.9 Å². The molecular formula is C33H28N2. The molecule has 1 aromatic heterocycles. The number of benzene rings is 5. The molecule has 0 amide bonds. The van der Waals surface area contributed by atoms with E-state index in [9.17, 15) is 0 Å². The fourth-order valence-electron chi connectivity index (χ4n) is 5.21. The molecule has 0 spiro atoms. The Hall–Kier alpha value is -4.30. The van der Waals surface area contributed by atoms with Crippen LogP contribution in [0.4, 0.5) is 11.4 Å². The molecule has 0 radical (unpaired) electrons. The maximum absolute atomic E-state index is 2.36. The van der Waals surface area contributed by atoms with Gasteiger partial charge in [0.05, 0.1) is 11.0 Å². The first-order chi connectivity index (χ1) is 17.1. The van der Waals surface area contributed by atoms with Gasteiger partial charge < -0.3 is 9.47 Å². The van der Waals surface area contributed by atoms with Crippen molar-refractivity contribution >= 4 is 33.2 Å². The normalized spacial score (nSPS) is 11.3. The number of aryl methyl sites for hydroxylation is 2. The predicted molar refractivity (Wildman–Crippen MR) is 150 cm³/mol. The minimum Gasteiger partial charge on any atom is -0.345 e. The molecule has 0 atom stereocenters. The van der Waals surface area contributed by atoms with E-state index in [1.807, 2.05) is 0 Å². The van der Waals surface area contributed by atoms with E-state index in [0.29, 0.717) is 0 Å².